The Hall–Kier alpha value is -3.31. The highest BCUT2D eigenvalue weighted by Gasteiger charge is 2.31. The fourth-order valence-electron chi connectivity index (χ4n) is 4.92. The molecule has 0 saturated carbocycles. The molecular weight excluding hydrogens is 504 g/mol. The van der Waals surface area contributed by atoms with E-state index in [1.54, 1.807) is 25.1 Å². The standard InChI is InChI=1S/C28H32N4O5S/c1-17-12-32(13-18(2)37-17)22-6-4-5-19(9-22)24-15-38-27(30-24)31-25(33)11-29-26(34)20-7-8-21-14-36-16-28(3,35)23(21)10-20/h4-10,15,17-18,35H,11-14,16H2,1-3H3,(H,29,34)(H,30,31,33)/t17-,18+,28-/m0/s1. The summed E-state index contributed by atoms with van der Waals surface area (Å²) in [6.07, 6.45) is 0.335. The number of aliphatic hydroxyl groups is 1. The van der Waals surface area contributed by atoms with Crippen LogP contribution in [-0.4, -0.2) is 60.4 Å². The normalized spacial score (nSPS) is 23.0. The lowest BCUT2D eigenvalue weighted by Gasteiger charge is -2.37. The van der Waals surface area contributed by atoms with Gasteiger partial charge in [0.25, 0.3) is 5.91 Å². The summed E-state index contributed by atoms with van der Waals surface area (Å²) >= 11 is 1.33. The zero-order valence-corrected chi connectivity index (χ0v) is 22.5. The number of amides is 2. The second kappa shape index (κ2) is 10.8. The fraction of sp³-hybridized carbons (Fsp3) is 0.393. The van der Waals surface area contributed by atoms with Crippen LogP contribution in [0.15, 0.2) is 47.8 Å². The zero-order chi connectivity index (χ0) is 26.9. The lowest BCUT2D eigenvalue weighted by molar-refractivity contribution is -0.115. The minimum absolute atomic E-state index is 0.166. The van der Waals surface area contributed by atoms with Crippen LogP contribution in [0.5, 0.6) is 0 Å². The third-order valence-corrected chi connectivity index (χ3v) is 7.44. The number of hydrogen-bond acceptors (Lipinski definition) is 8. The summed E-state index contributed by atoms with van der Waals surface area (Å²) < 4.78 is 11.3. The van der Waals surface area contributed by atoms with Gasteiger partial charge in [0.15, 0.2) is 5.13 Å². The molecule has 10 heteroatoms. The van der Waals surface area contributed by atoms with Gasteiger partial charge in [-0.1, -0.05) is 18.2 Å². The van der Waals surface area contributed by atoms with Crippen molar-refractivity contribution in [2.45, 2.75) is 45.2 Å². The molecule has 1 fully saturated rings. The van der Waals surface area contributed by atoms with Gasteiger partial charge in [0.2, 0.25) is 5.91 Å². The highest BCUT2D eigenvalue weighted by atomic mass is 32.1. The SMILES string of the molecule is C[C@@H]1CN(c2cccc(-c3csc(NC(=O)CNC(=O)c4ccc5c(c4)[C@@](C)(O)COC5)n3)c2)C[C@H](C)O1. The first-order valence-electron chi connectivity index (χ1n) is 12.7. The number of fused-ring (bicyclic) bond motifs is 1. The van der Waals surface area contributed by atoms with Gasteiger partial charge in [-0.05, 0) is 56.2 Å². The van der Waals surface area contributed by atoms with Crippen LogP contribution in [0.25, 0.3) is 11.3 Å². The number of carbonyl (C=O) groups excluding carboxylic acids is 2. The second-order valence-electron chi connectivity index (χ2n) is 10.1. The molecule has 2 aliphatic rings. The van der Waals surface area contributed by atoms with Crippen LogP contribution in [0, 0.1) is 0 Å². The van der Waals surface area contributed by atoms with Crippen LogP contribution in [-0.2, 0) is 26.5 Å². The first kappa shape index (κ1) is 26.3. The van der Waals surface area contributed by atoms with Gasteiger partial charge in [0.05, 0.1) is 37.7 Å². The zero-order valence-electron chi connectivity index (χ0n) is 21.7. The summed E-state index contributed by atoms with van der Waals surface area (Å²) in [5, 5.41) is 18.3. The van der Waals surface area contributed by atoms with Crippen molar-refractivity contribution in [1.29, 1.82) is 0 Å². The predicted octanol–water partition coefficient (Wildman–Crippen LogP) is 3.53. The van der Waals surface area contributed by atoms with Crippen molar-refractivity contribution in [3.8, 4) is 11.3 Å². The molecule has 5 rings (SSSR count). The largest absolute Gasteiger partial charge is 0.383 e. The molecule has 3 aromatic rings. The first-order valence-corrected chi connectivity index (χ1v) is 13.5. The van der Waals surface area contributed by atoms with E-state index in [0.29, 0.717) is 22.9 Å². The van der Waals surface area contributed by atoms with Crippen LogP contribution in [0.4, 0.5) is 10.8 Å². The summed E-state index contributed by atoms with van der Waals surface area (Å²) in [6, 6.07) is 13.3. The smallest absolute Gasteiger partial charge is 0.251 e. The van der Waals surface area contributed by atoms with Gasteiger partial charge in [0.1, 0.15) is 5.60 Å². The number of aromatic nitrogens is 1. The molecule has 3 heterocycles. The van der Waals surface area contributed by atoms with Gasteiger partial charge in [0, 0.05) is 35.3 Å². The molecule has 2 aromatic carbocycles. The molecule has 9 nitrogen and oxygen atoms in total. The molecule has 0 aliphatic carbocycles. The minimum Gasteiger partial charge on any atom is -0.383 e. The van der Waals surface area contributed by atoms with Gasteiger partial charge in [-0.25, -0.2) is 4.98 Å². The highest BCUT2D eigenvalue weighted by Crippen LogP contribution is 2.31. The molecule has 0 unspecified atom stereocenters. The Balaban J connectivity index is 1.18. The Bertz CT molecular complexity index is 1330. The first-order chi connectivity index (χ1) is 18.2. The van der Waals surface area contributed by atoms with Gasteiger partial charge < -0.3 is 30.1 Å². The Morgan fingerprint density at radius 3 is 2.76 bits per heavy atom. The van der Waals surface area contributed by atoms with Gasteiger partial charge in [-0.2, -0.15) is 0 Å². The van der Waals surface area contributed by atoms with E-state index in [1.165, 1.54) is 11.3 Å². The van der Waals surface area contributed by atoms with Gasteiger partial charge in [-0.3, -0.25) is 9.59 Å². The molecule has 0 bridgehead atoms. The summed E-state index contributed by atoms with van der Waals surface area (Å²) in [5.74, 6) is -0.767. The Morgan fingerprint density at radius 2 is 1.97 bits per heavy atom. The van der Waals surface area contributed by atoms with Crippen LogP contribution >= 0.6 is 11.3 Å². The monoisotopic (exact) mass is 536 g/mol. The summed E-state index contributed by atoms with van der Waals surface area (Å²) in [5.41, 5.74) is 3.57. The molecule has 1 aromatic heterocycles. The molecule has 1 saturated heterocycles. The molecule has 0 spiro atoms. The Morgan fingerprint density at radius 1 is 1.18 bits per heavy atom. The number of benzene rings is 2. The van der Waals surface area contributed by atoms with E-state index in [4.69, 9.17) is 9.47 Å². The van der Waals surface area contributed by atoms with Crippen molar-refractivity contribution < 1.29 is 24.2 Å². The third-order valence-electron chi connectivity index (χ3n) is 6.68. The molecule has 38 heavy (non-hydrogen) atoms. The lowest BCUT2D eigenvalue weighted by atomic mass is 9.89. The number of nitrogens with zero attached hydrogens (tertiary/aromatic N) is 2. The number of anilines is 2. The maximum atomic E-state index is 12.7. The second-order valence-corrected chi connectivity index (χ2v) is 11.0. The van der Waals surface area contributed by atoms with E-state index in [2.05, 4.69) is 46.5 Å². The maximum absolute atomic E-state index is 12.7. The molecule has 3 N–H and O–H groups in total. The molecule has 0 radical (unpaired) electrons. The lowest BCUT2D eigenvalue weighted by Crippen LogP contribution is -2.45. The third kappa shape index (κ3) is 5.88. The minimum atomic E-state index is -1.16. The Labute approximate surface area is 225 Å². The van der Waals surface area contributed by atoms with Crippen LogP contribution in [0.2, 0.25) is 0 Å². The van der Waals surface area contributed by atoms with Crippen LogP contribution < -0.4 is 15.5 Å². The van der Waals surface area contributed by atoms with Crippen molar-refractivity contribution in [2.75, 3.05) is 36.5 Å². The van der Waals surface area contributed by atoms with Crippen LogP contribution in [0.1, 0.15) is 42.3 Å². The topological polar surface area (TPSA) is 113 Å². The van der Waals surface area contributed by atoms with E-state index >= 15 is 0 Å². The maximum Gasteiger partial charge on any atom is 0.251 e. The molecule has 200 valence electrons. The Kier molecular flexibility index (Phi) is 7.49. The number of thiazole rings is 1. The quantitative estimate of drug-likeness (QED) is 0.442. The van der Waals surface area contributed by atoms with Crippen molar-refractivity contribution >= 4 is 34.0 Å². The van der Waals surface area contributed by atoms with E-state index in [1.807, 2.05) is 17.5 Å². The molecule has 3 atom stereocenters. The fourth-order valence-corrected chi connectivity index (χ4v) is 5.66. The average molecular weight is 537 g/mol. The van der Waals surface area contributed by atoms with E-state index in [9.17, 15) is 14.7 Å². The number of ether oxygens (including phenoxy) is 2. The van der Waals surface area contributed by atoms with E-state index in [-0.39, 0.29) is 31.3 Å². The number of morpholine rings is 1. The van der Waals surface area contributed by atoms with Crippen molar-refractivity contribution in [3.05, 3.63) is 64.5 Å². The summed E-state index contributed by atoms with van der Waals surface area (Å²) in [7, 11) is 0. The van der Waals surface area contributed by atoms with Crippen molar-refractivity contribution in [2.24, 2.45) is 0 Å². The summed E-state index contributed by atoms with van der Waals surface area (Å²) in [4.78, 5) is 32.1. The number of hydrogen-bond donors (Lipinski definition) is 3. The molecular formula is C28H32N4O5S. The summed E-state index contributed by atoms with van der Waals surface area (Å²) in [6.45, 7) is 7.83. The number of rotatable bonds is 6. The number of carbonyl (C=O) groups is 2. The highest BCUT2D eigenvalue weighted by molar-refractivity contribution is 7.14. The van der Waals surface area contributed by atoms with E-state index < -0.39 is 11.5 Å². The average Bonchev–Trinajstić information content (AvgIpc) is 3.35. The molecule has 2 aliphatic heterocycles. The number of nitrogens with one attached hydrogen (secondary N) is 2. The predicted molar refractivity (Wildman–Crippen MR) is 146 cm³/mol. The van der Waals surface area contributed by atoms with Crippen LogP contribution in [0.3, 0.4) is 0 Å². The van der Waals surface area contributed by atoms with Crippen molar-refractivity contribution in [3.63, 3.8) is 0 Å². The van der Waals surface area contributed by atoms with Crippen molar-refractivity contribution in [1.82, 2.24) is 10.3 Å². The van der Waals surface area contributed by atoms with Gasteiger partial charge >= 0.3 is 0 Å². The van der Waals surface area contributed by atoms with Gasteiger partial charge in [-0.15, -0.1) is 11.3 Å². The molecule has 2 amide bonds. The van der Waals surface area contributed by atoms with E-state index in [0.717, 1.165) is 35.6 Å².